The molecule has 1 fully saturated rings. The predicted molar refractivity (Wildman–Crippen MR) is 89.8 cm³/mol. The van der Waals surface area contributed by atoms with Gasteiger partial charge in [0.2, 0.25) is 0 Å². The van der Waals surface area contributed by atoms with Gasteiger partial charge in [0.25, 0.3) is 0 Å². The first-order valence-corrected chi connectivity index (χ1v) is 9.59. The van der Waals surface area contributed by atoms with E-state index in [0.717, 1.165) is 0 Å². The molecule has 0 radical (unpaired) electrons. The van der Waals surface area contributed by atoms with Crippen molar-refractivity contribution in [2.75, 3.05) is 25.2 Å². The Morgan fingerprint density at radius 1 is 1.50 bits per heavy atom. The minimum Gasteiger partial charge on any atom is -0.465 e. The number of carbonyl (C=O) groups excluding carboxylic acids is 1. The van der Waals surface area contributed by atoms with Crippen LogP contribution in [0.1, 0.15) is 35.2 Å². The van der Waals surface area contributed by atoms with E-state index in [9.17, 15) is 13.2 Å². The monoisotopic (exact) mass is 357 g/mol. The standard InChI is InChI=1S/C15H23N3O5S/c1-4-16-15(18-11-5-6-24(20,21)9-11)17-8-12-7-13(10(2)23-12)14(19)22-3/h7,11H,4-6,8-9H2,1-3H3,(H2,16,17,18). The topological polar surface area (TPSA) is 110 Å². The first kappa shape index (κ1) is 18.3. The molecule has 1 aliphatic heterocycles. The van der Waals surface area contributed by atoms with Crippen LogP contribution in [0.25, 0.3) is 0 Å². The Kier molecular flexibility index (Phi) is 5.87. The molecule has 2 rings (SSSR count). The van der Waals surface area contributed by atoms with Crippen molar-refractivity contribution in [2.45, 2.75) is 32.9 Å². The van der Waals surface area contributed by atoms with Gasteiger partial charge in [0, 0.05) is 12.6 Å². The van der Waals surface area contributed by atoms with Crippen molar-refractivity contribution >= 4 is 21.8 Å². The maximum absolute atomic E-state index is 11.6. The average Bonchev–Trinajstić information content (AvgIpc) is 3.06. The molecule has 2 heterocycles. The van der Waals surface area contributed by atoms with E-state index in [0.29, 0.717) is 36.0 Å². The fourth-order valence-electron chi connectivity index (χ4n) is 2.51. The van der Waals surface area contributed by atoms with Crippen LogP contribution in [0.2, 0.25) is 0 Å². The van der Waals surface area contributed by atoms with Gasteiger partial charge in [0.05, 0.1) is 18.6 Å². The lowest BCUT2D eigenvalue weighted by atomic mass is 10.2. The molecule has 8 nitrogen and oxygen atoms in total. The Morgan fingerprint density at radius 2 is 2.25 bits per heavy atom. The molecule has 1 saturated heterocycles. The summed E-state index contributed by atoms with van der Waals surface area (Å²) in [6.45, 7) is 4.49. The molecule has 134 valence electrons. The van der Waals surface area contributed by atoms with Crippen LogP contribution >= 0.6 is 0 Å². The summed E-state index contributed by atoms with van der Waals surface area (Å²) in [6, 6.07) is 1.46. The third-order valence-corrected chi connectivity index (χ3v) is 5.45. The summed E-state index contributed by atoms with van der Waals surface area (Å²) in [7, 11) is -1.64. The number of esters is 1. The molecule has 0 aromatic carbocycles. The number of methoxy groups -OCH3 is 1. The molecule has 9 heteroatoms. The van der Waals surface area contributed by atoms with Crippen LogP contribution in [0, 0.1) is 6.92 Å². The highest BCUT2D eigenvalue weighted by Gasteiger charge is 2.28. The average molecular weight is 357 g/mol. The molecule has 1 atom stereocenters. The van der Waals surface area contributed by atoms with Gasteiger partial charge in [-0.25, -0.2) is 18.2 Å². The molecular weight excluding hydrogens is 334 g/mol. The zero-order valence-electron chi connectivity index (χ0n) is 14.1. The largest absolute Gasteiger partial charge is 0.465 e. The van der Waals surface area contributed by atoms with Crippen LogP contribution in [0.15, 0.2) is 15.5 Å². The Hall–Kier alpha value is -2.03. The lowest BCUT2D eigenvalue weighted by molar-refractivity contribution is 0.0599. The highest BCUT2D eigenvalue weighted by atomic mass is 32.2. The van der Waals surface area contributed by atoms with Crippen LogP contribution in [0.4, 0.5) is 0 Å². The number of aliphatic imine (C=N–C) groups is 1. The second-order valence-corrected chi connectivity index (χ2v) is 7.84. The molecule has 24 heavy (non-hydrogen) atoms. The number of hydrogen-bond acceptors (Lipinski definition) is 6. The zero-order valence-corrected chi connectivity index (χ0v) is 14.9. The van der Waals surface area contributed by atoms with Crippen molar-refractivity contribution < 1.29 is 22.4 Å². The van der Waals surface area contributed by atoms with Gasteiger partial charge < -0.3 is 19.8 Å². The van der Waals surface area contributed by atoms with Crippen LogP contribution in [0.3, 0.4) is 0 Å². The number of rotatable bonds is 5. The molecule has 2 N–H and O–H groups in total. The highest BCUT2D eigenvalue weighted by Crippen LogP contribution is 2.16. The summed E-state index contributed by atoms with van der Waals surface area (Å²) in [6.07, 6.45) is 0.569. The van der Waals surface area contributed by atoms with Gasteiger partial charge in [-0.05, 0) is 26.3 Å². The lowest BCUT2D eigenvalue weighted by Crippen LogP contribution is -2.44. The fraction of sp³-hybridized carbons (Fsp3) is 0.600. The number of carbonyl (C=O) groups is 1. The number of aryl methyl sites for hydroxylation is 1. The highest BCUT2D eigenvalue weighted by molar-refractivity contribution is 7.91. The number of ether oxygens (including phenoxy) is 1. The number of sulfone groups is 1. The van der Waals surface area contributed by atoms with Crippen molar-refractivity contribution in [1.29, 1.82) is 0 Å². The molecule has 0 aliphatic carbocycles. The van der Waals surface area contributed by atoms with E-state index in [4.69, 9.17) is 4.42 Å². The van der Waals surface area contributed by atoms with E-state index in [1.165, 1.54) is 7.11 Å². The quantitative estimate of drug-likeness (QED) is 0.451. The molecule has 1 aromatic rings. The van der Waals surface area contributed by atoms with Crippen LogP contribution in [0.5, 0.6) is 0 Å². The van der Waals surface area contributed by atoms with E-state index in [1.807, 2.05) is 6.92 Å². The number of furan rings is 1. The Balaban J connectivity index is 2.04. The van der Waals surface area contributed by atoms with Crippen LogP contribution in [-0.4, -0.2) is 51.5 Å². The van der Waals surface area contributed by atoms with Gasteiger partial charge in [-0.2, -0.15) is 0 Å². The number of hydrogen-bond donors (Lipinski definition) is 2. The van der Waals surface area contributed by atoms with E-state index in [-0.39, 0.29) is 24.1 Å². The third-order valence-electron chi connectivity index (χ3n) is 3.68. The molecule has 0 spiro atoms. The molecular formula is C15H23N3O5S. The summed E-state index contributed by atoms with van der Waals surface area (Å²) in [5.41, 5.74) is 0.377. The SMILES string of the molecule is CCNC(=NCc1cc(C(=O)OC)c(C)o1)NC1CCS(=O)(=O)C1. The van der Waals surface area contributed by atoms with Crippen LogP contribution < -0.4 is 10.6 Å². The number of nitrogens with one attached hydrogen (secondary N) is 2. The second kappa shape index (κ2) is 7.69. The van der Waals surface area contributed by atoms with E-state index in [2.05, 4.69) is 20.4 Å². The third kappa shape index (κ3) is 4.73. The van der Waals surface area contributed by atoms with Crippen molar-refractivity contribution in [3.63, 3.8) is 0 Å². The Morgan fingerprint density at radius 3 is 2.83 bits per heavy atom. The summed E-state index contributed by atoms with van der Waals surface area (Å²) in [5.74, 6) is 1.39. The summed E-state index contributed by atoms with van der Waals surface area (Å²) >= 11 is 0. The minimum atomic E-state index is -2.95. The second-order valence-electron chi connectivity index (χ2n) is 5.61. The normalized spacial score (nSPS) is 20.0. The number of guanidine groups is 1. The first-order chi connectivity index (χ1) is 11.3. The summed E-state index contributed by atoms with van der Waals surface area (Å²) in [4.78, 5) is 16.0. The van der Waals surface area contributed by atoms with Gasteiger partial charge in [-0.15, -0.1) is 0 Å². The predicted octanol–water partition coefficient (Wildman–Crippen LogP) is 0.617. The maximum atomic E-state index is 11.6. The Labute approximate surface area is 141 Å². The summed E-state index contributed by atoms with van der Waals surface area (Å²) in [5, 5.41) is 6.20. The smallest absolute Gasteiger partial charge is 0.341 e. The van der Waals surface area contributed by atoms with Crippen molar-refractivity contribution in [3.8, 4) is 0 Å². The first-order valence-electron chi connectivity index (χ1n) is 7.77. The molecule has 1 aromatic heterocycles. The minimum absolute atomic E-state index is 0.115. The Bertz CT molecular complexity index is 723. The molecule has 0 bridgehead atoms. The molecule has 1 unspecified atom stereocenters. The number of nitrogens with zero attached hydrogens (tertiary/aromatic N) is 1. The van der Waals surface area contributed by atoms with E-state index in [1.54, 1.807) is 13.0 Å². The zero-order chi connectivity index (χ0) is 17.7. The van der Waals surface area contributed by atoms with Crippen LogP contribution in [-0.2, 0) is 21.1 Å². The van der Waals surface area contributed by atoms with Gasteiger partial charge in [0.1, 0.15) is 23.6 Å². The maximum Gasteiger partial charge on any atom is 0.341 e. The fourth-order valence-corrected chi connectivity index (χ4v) is 4.19. The lowest BCUT2D eigenvalue weighted by Gasteiger charge is -2.15. The van der Waals surface area contributed by atoms with E-state index < -0.39 is 15.8 Å². The van der Waals surface area contributed by atoms with Gasteiger partial charge >= 0.3 is 5.97 Å². The summed E-state index contributed by atoms with van der Waals surface area (Å²) < 4.78 is 33.3. The van der Waals surface area contributed by atoms with E-state index >= 15 is 0 Å². The van der Waals surface area contributed by atoms with Crippen molar-refractivity contribution in [1.82, 2.24) is 10.6 Å². The van der Waals surface area contributed by atoms with Gasteiger partial charge in [-0.1, -0.05) is 0 Å². The molecule has 0 amide bonds. The van der Waals surface area contributed by atoms with Gasteiger partial charge in [-0.3, -0.25) is 0 Å². The molecule has 0 saturated carbocycles. The molecule has 1 aliphatic rings. The van der Waals surface area contributed by atoms with Crippen molar-refractivity contribution in [3.05, 3.63) is 23.2 Å². The van der Waals surface area contributed by atoms with Crippen molar-refractivity contribution in [2.24, 2.45) is 4.99 Å². The van der Waals surface area contributed by atoms with Gasteiger partial charge in [0.15, 0.2) is 15.8 Å².